The predicted molar refractivity (Wildman–Crippen MR) is 107 cm³/mol. The van der Waals surface area contributed by atoms with Gasteiger partial charge in [0.25, 0.3) is 0 Å². The molecule has 0 saturated heterocycles. The molecule has 2 atom stereocenters. The Morgan fingerprint density at radius 2 is 1.96 bits per heavy atom. The quantitative estimate of drug-likeness (QED) is 0.678. The summed E-state index contributed by atoms with van der Waals surface area (Å²) < 4.78 is 1.79. The minimum atomic E-state index is -0.545. The van der Waals surface area contributed by atoms with Crippen LogP contribution in [0.3, 0.4) is 0 Å². The number of benzene rings is 2. The lowest BCUT2D eigenvalue weighted by Crippen LogP contribution is -2.25. The number of halogens is 1. The van der Waals surface area contributed by atoms with Crippen molar-refractivity contribution in [3.8, 4) is 6.07 Å². The lowest BCUT2D eigenvalue weighted by molar-refractivity contribution is 0.0973. The van der Waals surface area contributed by atoms with Crippen molar-refractivity contribution in [3.63, 3.8) is 0 Å². The summed E-state index contributed by atoms with van der Waals surface area (Å²) in [6, 6.07) is 16.9. The first-order chi connectivity index (χ1) is 13.0. The molecular weight excluding hydrogens is 380 g/mol. The fraction of sp³-hybridized carbons (Fsp3) is 0.150. The molecule has 27 heavy (non-hydrogen) atoms. The Morgan fingerprint density at radius 1 is 1.26 bits per heavy atom. The lowest BCUT2D eigenvalue weighted by Gasteiger charge is -2.18. The zero-order valence-corrected chi connectivity index (χ0v) is 16.0. The van der Waals surface area contributed by atoms with Crippen LogP contribution in [0.25, 0.3) is 11.0 Å². The van der Waals surface area contributed by atoms with Crippen LogP contribution in [0.2, 0.25) is 5.02 Å². The smallest absolute Gasteiger partial charge is 0.212 e. The molecule has 1 aliphatic rings. The van der Waals surface area contributed by atoms with Crippen LogP contribution in [0.1, 0.15) is 22.1 Å². The molecule has 2 heterocycles. The van der Waals surface area contributed by atoms with Gasteiger partial charge >= 0.3 is 0 Å². The Kier molecular flexibility index (Phi) is 4.42. The second-order valence-corrected chi connectivity index (χ2v) is 7.92. The summed E-state index contributed by atoms with van der Waals surface area (Å²) in [6.45, 7) is 0. The number of aromatic nitrogens is 2. The highest BCUT2D eigenvalue weighted by Crippen LogP contribution is 2.46. The first-order valence-electron chi connectivity index (χ1n) is 8.28. The SMILES string of the molecule is Cn1c(C(=O)[C@@H]2SC(N)=C(C#N)[C@H]2c2ccc(Cl)cc2)nc2ccccc21. The third-order valence-electron chi connectivity index (χ3n) is 4.75. The van der Waals surface area contributed by atoms with Crippen LogP contribution in [0.5, 0.6) is 0 Å². The summed E-state index contributed by atoms with van der Waals surface area (Å²) >= 11 is 7.22. The topological polar surface area (TPSA) is 84.7 Å². The number of hydrogen-bond acceptors (Lipinski definition) is 5. The van der Waals surface area contributed by atoms with Crippen LogP contribution in [0.4, 0.5) is 0 Å². The summed E-state index contributed by atoms with van der Waals surface area (Å²) in [5.74, 6) is -0.212. The maximum atomic E-state index is 13.4. The molecule has 2 aromatic carbocycles. The number of carbonyl (C=O) groups is 1. The van der Waals surface area contributed by atoms with Crippen LogP contribution < -0.4 is 5.73 Å². The molecule has 3 aromatic rings. The monoisotopic (exact) mass is 394 g/mol. The van der Waals surface area contributed by atoms with Gasteiger partial charge in [-0.05, 0) is 29.8 Å². The van der Waals surface area contributed by atoms with Gasteiger partial charge in [0, 0.05) is 18.0 Å². The van der Waals surface area contributed by atoms with Crippen molar-refractivity contribution in [3.05, 3.63) is 75.5 Å². The molecule has 0 amide bonds. The molecule has 134 valence electrons. The Hall–Kier alpha value is -2.75. The number of ketones is 1. The molecule has 0 radical (unpaired) electrons. The van der Waals surface area contributed by atoms with Gasteiger partial charge in [0.1, 0.15) is 0 Å². The van der Waals surface area contributed by atoms with Gasteiger partial charge in [0.05, 0.1) is 33.0 Å². The molecular formula is C20H15ClN4OS. The van der Waals surface area contributed by atoms with Crippen LogP contribution in [0.15, 0.2) is 59.1 Å². The van der Waals surface area contributed by atoms with Gasteiger partial charge in [-0.2, -0.15) is 5.26 Å². The Morgan fingerprint density at radius 3 is 2.63 bits per heavy atom. The number of rotatable bonds is 3. The highest BCUT2D eigenvalue weighted by atomic mass is 35.5. The molecule has 4 rings (SSSR count). The fourth-order valence-electron chi connectivity index (χ4n) is 3.41. The largest absolute Gasteiger partial charge is 0.393 e. The molecule has 0 bridgehead atoms. The molecule has 0 spiro atoms. The standard InChI is InChI=1S/C20H15ClN4OS/c1-25-15-5-3-2-4-14(15)24-20(25)17(26)18-16(13(10-22)19(23)27-18)11-6-8-12(21)9-7-11/h2-9,16,18H,23H2,1H3/t16-,18-/m1/s1. The summed E-state index contributed by atoms with van der Waals surface area (Å²) in [4.78, 5) is 17.9. The molecule has 5 nitrogen and oxygen atoms in total. The lowest BCUT2D eigenvalue weighted by atomic mass is 9.87. The number of fused-ring (bicyclic) bond motifs is 1. The van der Waals surface area contributed by atoms with E-state index in [1.807, 2.05) is 43.4 Å². The van der Waals surface area contributed by atoms with E-state index in [0.717, 1.165) is 16.6 Å². The van der Waals surface area contributed by atoms with Crippen molar-refractivity contribution in [1.29, 1.82) is 5.26 Å². The minimum Gasteiger partial charge on any atom is -0.393 e. The van der Waals surface area contributed by atoms with E-state index >= 15 is 0 Å². The Labute approximate surface area is 165 Å². The van der Waals surface area contributed by atoms with Crippen LogP contribution in [0, 0.1) is 11.3 Å². The van der Waals surface area contributed by atoms with Crippen molar-refractivity contribution in [2.24, 2.45) is 12.8 Å². The molecule has 1 aromatic heterocycles. The van der Waals surface area contributed by atoms with Gasteiger partial charge in [0.15, 0.2) is 5.82 Å². The number of imidazole rings is 1. The van der Waals surface area contributed by atoms with Gasteiger partial charge < -0.3 is 10.3 Å². The number of Topliss-reactive ketones (excluding diaryl/α,β-unsaturated/α-hetero) is 1. The van der Waals surface area contributed by atoms with Crippen molar-refractivity contribution in [2.75, 3.05) is 0 Å². The summed E-state index contributed by atoms with van der Waals surface area (Å²) in [5, 5.41) is 10.0. The third kappa shape index (κ3) is 2.89. The second-order valence-electron chi connectivity index (χ2n) is 6.30. The van der Waals surface area contributed by atoms with Crippen molar-refractivity contribution in [1.82, 2.24) is 9.55 Å². The Balaban J connectivity index is 1.79. The van der Waals surface area contributed by atoms with E-state index in [9.17, 15) is 10.1 Å². The normalized spacial score (nSPS) is 19.4. The molecule has 0 aliphatic carbocycles. The van der Waals surface area contributed by atoms with E-state index in [0.29, 0.717) is 21.4 Å². The van der Waals surface area contributed by atoms with Crippen LogP contribution in [-0.4, -0.2) is 20.6 Å². The van der Waals surface area contributed by atoms with Crippen LogP contribution in [-0.2, 0) is 7.05 Å². The van der Waals surface area contributed by atoms with Crippen molar-refractivity contribution >= 4 is 40.2 Å². The number of thioether (sulfide) groups is 1. The predicted octanol–water partition coefficient (Wildman–Crippen LogP) is 4.00. The average molecular weight is 395 g/mol. The van der Waals surface area contributed by atoms with Gasteiger partial charge in [-0.3, -0.25) is 4.79 Å². The van der Waals surface area contributed by atoms with Crippen molar-refractivity contribution < 1.29 is 4.79 Å². The number of para-hydroxylation sites is 2. The second kappa shape index (κ2) is 6.76. The van der Waals surface area contributed by atoms with Gasteiger partial charge in [-0.25, -0.2) is 4.98 Å². The zero-order valence-electron chi connectivity index (χ0n) is 14.4. The number of carbonyl (C=O) groups excluding carboxylic acids is 1. The maximum absolute atomic E-state index is 13.4. The number of aryl methyl sites for hydroxylation is 1. The Bertz CT molecular complexity index is 1130. The average Bonchev–Trinajstić information content (AvgIpc) is 3.19. The third-order valence-corrected chi connectivity index (χ3v) is 6.21. The summed E-state index contributed by atoms with van der Waals surface area (Å²) in [7, 11) is 1.82. The van der Waals surface area contributed by atoms with Gasteiger partial charge in [-0.15, -0.1) is 0 Å². The number of nitrogens with two attached hydrogens (primary N) is 1. The number of hydrogen-bond donors (Lipinski definition) is 1. The van der Waals surface area contributed by atoms with E-state index in [1.165, 1.54) is 11.8 Å². The number of nitriles is 1. The highest BCUT2D eigenvalue weighted by molar-refractivity contribution is 8.04. The van der Waals surface area contributed by atoms with Crippen LogP contribution >= 0.6 is 23.4 Å². The minimum absolute atomic E-state index is 0.146. The van der Waals surface area contributed by atoms with Gasteiger partial charge in [0.2, 0.25) is 5.78 Å². The summed E-state index contributed by atoms with van der Waals surface area (Å²) in [6.07, 6.45) is 0. The maximum Gasteiger partial charge on any atom is 0.212 e. The zero-order chi connectivity index (χ0) is 19.1. The molecule has 1 aliphatic heterocycles. The van der Waals surface area contributed by atoms with E-state index in [4.69, 9.17) is 17.3 Å². The molecule has 7 heteroatoms. The van der Waals surface area contributed by atoms with E-state index < -0.39 is 11.2 Å². The first kappa shape index (κ1) is 17.7. The van der Waals surface area contributed by atoms with E-state index in [-0.39, 0.29) is 5.78 Å². The van der Waals surface area contributed by atoms with E-state index in [2.05, 4.69) is 11.1 Å². The van der Waals surface area contributed by atoms with Gasteiger partial charge in [-0.1, -0.05) is 47.6 Å². The summed E-state index contributed by atoms with van der Waals surface area (Å²) in [5.41, 5.74) is 8.97. The highest BCUT2D eigenvalue weighted by Gasteiger charge is 2.42. The molecule has 0 saturated carbocycles. The fourth-order valence-corrected chi connectivity index (χ4v) is 4.75. The molecule has 2 N–H and O–H groups in total. The molecule has 0 fully saturated rings. The van der Waals surface area contributed by atoms with E-state index in [1.54, 1.807) is 16.7 Å². The number of allylic oxidation sites excluding steroid dienone is 1. The van der Waals surface area contributed by atoms with Crippen molar-refractivity contribution in [2.45, 2.75) is 11.2 Å². The first-order valence-corrected chi connectivity index (χ1v) is 9.54. The molecule has 0 unspecified atom stereocenters. The number of nitrogens with zero attached hydrogens (tertiary/aromatic N) is 3.